The van der Waals surface area contributed by atoms with Gasteiger partial charge in [0.05, 0.1) is 42.3 Å². The van der Waals surface area contributed by atoms with Gasteiger partial charge in [0.2, 0.25) is 0 Å². The minimum atomic E-state index is -0.204. The molecule has 0 heterocycles. The highest BCUT2D eigenvalue weighted by Crippen LogP contribution is 1.99. The lowest BCUT2D eigenvalue weighted by Gasteiger charge is -2.31. The highest BCUT2D eigenvalue weighted by atomic mass is 16.3. The lowest BCUT2D eigenvalue weighted by Crippen LogP contribution is -2.49. The molecule has 3 N–H and O–H groups in total. The van der Waals surface area contributed by atoms with Gasteiger partial charge in [-0.05, 0) is 0 Å². The van der Waals surface area contributed by atoms with E-state index in [0.29, 0.717) is 0 Å². The average Bonchev–Trinajstić information content (AvgIpc) is 1.49. The summed E-state index contributed by atoms with van der Waals surface area (Å²) in [7, 11) is 12.6. The molecule has 5 heteroatoms. The van der Waals surface area contributed by atoms with Gasteiger partial charge in [0.1, 0.15) is 13.1 Å². The molecule has 0 atom stereocenters. The van der Waals surface area contributed by atoms with Crippen molar-refractivity contribution in [2.75, 3.05) is 55.4 Å². The number of hydrogen-bond acceptors (Lipinski definition) is 3. The lowest BCUT2D eigenvalue weighted by molar-refractivity contribution is -0.895. The van der Waals surface area contributed by atoms with Crippen LogP contribution >= 0.6 is 0 Å². The van der Waals surface area contributed by atoms with Crippen LogP contribution in [0.5, 0.6) is 0 Å². The maximum atomic E-state index is 9.69. The zero-order chi connectivity index (χ0) is 9.99. The molecule has 0 fully saturated rings. The summed E-state index contributed by atoms with van der Waals surface area (Å²) in [5, 5.41) is 9.69. The number of rotatable bonds is 4. The van der Waals surface area contributed by atoms with Crippen LogP contribution < -0.4 is 0 Å². The molecule has 14 heavy (non-hydrogen) atoms. The third-order valence-corrected chi connectivity index (χ3v) is 1.52. The average molecular weight is 210 g/mol. The zero-order valence-electron chi connectivity index (χ0n) is 10.2. The highest BCUT2D eigenvalue weighted by molar-refractivity contribution is 4.50. The quantitative estimate of drug-likeness (QED) is 0.630. The second-order valence-corrected chi connectivity index (χ2v) is 5.60. The molecule has 0 spiro atoms. The number of hydrogen-bond donors (Lipinski definition) is 1. The highest BCUT2D eigenvalue weighted by Gasteiger charge is 2.21. The third-order valence-electron chi connectivity index (χ3n) is 1.52. The van der Waals surface area contributed by atoms with Gasteiger partial charge in [0, 0.05) is 0 Å². The Morgan fingerprint density at radius 2 is 1.00 bits per heavy atom. The fourth-order valence-corrected chi connectivity index (χ4v) is 1.32. The molecule has 0 radical (unpaired) electrons. The fraction of sp³-hybridized carbons (Fsp3) is 1.00. The number of nitrogens with zero attached hydrogens (tertiary/aromatic N) is 2. The van der Waals surface area contributed by atoms with Gasteiger partial charge in [-0.2, -0.15) is 0 Å². The van der Waals surface area contributed by atoms with Gasteiger partial charge < -0.3 is 25.0 Å². The standard InChI is InChI=1S/C9H24N2O.2H2O/c1-10(2,3)7-9(12)8-11(4,5)6;;/h9,12H,7-8H2,1-6H3;2*1H2/q+2;;/p-2. The second kappa shape index (κ2) is 6.31. The molecule has 0 rings (SSSR count). The third kappa shape index (κ3) is 14.3. The van der Waals surface area contributed by atoms with Gasteiger partial charge in [0.15, 0.2) is 6.10 Å². The molecule has 90 valence electrons. The van der Waals surface area contributed by atoms with Crippen molar-refractivity contribution in [2.45, 2.75) is 6.10 Å². The summed E-state index contributed by atoms with van der Waals surface area (Å²) < 4.78 is 1.64. The minimum absolute atomic E-state index is 0. The summed E-state index contributed by atoms with van der Waals surface area (Å²) in [5.41, 5.74) is 0. The van der Waals surface area contributed by atoms with Crippen molar-refractivity contribution in [3.63, 3.8) is 0 Å². The van der Waals surface area contributed by atoms with E-state index in [9.17, 15) is 5.11 Å². The smallest absolute Gasteiger partial charge is 0.152 e. The van der Waals surface area contributed by atoms with Crippen molar-refractivity contribution in [1.29, 1.82) is 0 Å². The Kier molecular flexibility index (Phi) is 8.74. The summed E-state index contributed by atoms with van der Waals surface area (Å²) in [5.74, 6) is 0. The molecule has 0 unspecified atom stereocenters. The molecule has 5 nitrogen and oxygen atoms in total. The van der Waals surface area contributed by atoms with Crippen LogP contribution in [0, 0.1) is 0 Å². The largest absolute Gasteiger partial charge is 0.870 e. The van der Waals surface area contributed by atoms with Gasteiger partial charge in [-0.3, -0.25) is 0 Å². The zero-order valence-corrected chi connectivity index (χ0v) is 10.2. The van der Waals surface area contributed by atoms with E-state index in [4.69, 9.17) is 0 Å². The monoisotopic (exact) mass is 210 g/mol. The van der Waals surface area contributed by atoms with Crippen molar-refractivity contribution in [3.8, 4) is 0 Å². The second-order valence-electron chi connectivity index (χ2n) is 5.60. The Morgan fingerprint density at radius 1 is 0.786 bits per heavy atom. The Balaban J connectivity index is -0.000000605. The summed E-state index contributed by atoms with van der Waals surface area (Å²) in [6, 6.07) is 0. The molecule has 0 aromatic rings. The molecular weight excluding hydrogens is 184 g/mol. The number of likely N-dealkylation sites (N-methyl/N-ethyl adjacent to an activating group) is 2. The van der Waals surface area contributed by atoms with Crippen LogP contribution in [0.3, 0.4) is 0 Å². The number of aliphatic hydroxyl groups is 1. The fourth-order valence-electron chi connectivity index (χ4n) is 1.32. The van der Waals surface area contributed by atoms with Crippen LogP contribution in [0.4, 0.5) is 0 Å². The summed E-state index contributed by atoms with van der Waals surface area (Å²) >= 11 is 0. The molecule has 0 aliphatic carbocycles. The van der Waals surface area contributed by atoms with E-state index in [1.807, 2.05) is 0 Å². The van der Waals surface area contributed by atoms with Crippen LogP contribution in [0.15, 0.2) is 0 Å². The molecule has 0 aliphatic heterocycles. The molecular formula is C9H26N2O3. The summed E-state index contributed by atoms with van der Waals surface area (Å²) in [4.78, 5) is 0. The molecule has 0 aromatic heterocycles. The van der Waals surface area contributed by atoms with E-state index < -0.39 is 0 Å². The first-order chi connectivity index (χ1) is 5.10. The lowest BCUT2D eigenvalue weighted by atomic mass is 10.3. The summed E-state index contributed by atoms with van der Waals surface area (Å²) in [6.07, 6.45) is -0.204. The van der Waals surface area contributed by atoms with Gasteiger partial charge in [-0.1, -0.05) is 0 Å². The first-order valence-electron chi connectivity index (χ1n) is 4.39. The predicted molar refractivity (Wildman–Crippen MR) is 55.7 cm³/mol. The maximum absolute atomic E-state index is 9.69. The molecule has 0 aliphatic rings. The molecule has 0 bridgehead atoms. The number of aliphatic hydroxyl groups excluding tert-OH is 1. The Labute approximate surface area is 87.4 Å². The SMILES string of the molecule is C[N+](C)(C)CC(O)C[N+](C)(C)C.[OH-].[OH-]. The van der Waals surface area contributed by atoms with Crippen molar-refractivity contribution in [3.05, 3.63) is 0 Å². The van der Waals surface area contributed by atoms with Gasteiger partial charge in [-0.25, -0.2) is 0 Å². The van der Waals surface area contributed by atoms with Gasteiger partial charge >= 0.3 is 0 Å². The van der Waals surface area contributed by atoms with Crippen molar-refractivity contribution in [2.24, 2.45) is 0 Å². The minimum Gasteiger partial charge on any atom is -0.870 e. The summed E-state index contributed by atoms with van der Waals surface area (Å²) in [6.45, 7) is 1.63. The normalized spacial score (nSPS) is 12.0. The van der Waals surface area contributed by atoms with Crippen molar-refractivity contribution >= 4 is 0 Å². The first kappa shape index (κ1) is 19.4. The number of quaternary nitrogens is 2. The van der Waals surface area contributed by atoms with Crippen LogP contribution in [-0.2, 0) is 0 Å². The van der Waals surface area contributed by atoms with Crippen molar-refractivity contribution < 1.29 is 25.0 Å². The van der Waals surface area contributed by atoms with E-state index in [0.717, 1.165) is 22.1 Å². The Morgan fingerprint density at radius 3 is 1.14 bits per heavy atom. The molecule has 0 saturated carbocycles. The van der Waals surface area contributed by atoms with Crippen molar-refractivity contribution in [1.82, 2.24) is 0 Å². The van der Waals surface area contributed by atoms with Gasteiger partial charge in [-0.15, -0.1) is 0 Å². The van der Waals surface area contributed by atoms with E-state index in [1.165, 1.54) is 0 Å². The van der Waals surface area contributed by atoms with Crippen LogP contribution in [0.25, 0.3) is 0 Å². The van der Waals surface area contributed by atoms with E-state index in [1.54, 1.807) is 0 Å². The maximum Gasteiger partial charge on any atom is 0.152 e. The van der Waals surface area contributed by atoms with Crippen LogP contribution in [0.1, 0.15) is 0 Å². The van der Waals surface area contributed by atoms with E-state index >= 15 is 0 Å². The molecule has 0 aromatic carbocycles. The molecule has 0 amide bonds. The van der Waals surface area contributed by atoms with Gasteiger partial charge in [0.25, 0.3) is 0 Å². The molecule has 0 saturated heterocycles. The van der Waals surface area contributed by atoms with Crippen LogP contribution in [0.2, 0.25) is 0 Å². The Bertz CT molecular complexity index is 122. The Hall–Kier alpha value is -0.200. The first-order valence-corrected chi connectivity index (χ1v) is 4.39. The van der Waals surface area contributed by atoms with E-state index in [-0.39, 0.29) is 17.1 Å². The topological polar surface area (TPSA) is 80.2 Å². The predicted octanol–water partition coefficient (Wildman–Crippen LogP) is -0.594. The van der Waals surface area contributed by atoms with E-state index in [2.05, 4.69) is 42.3 Å². The van der Waals surface area contributed by atoms with Crippen LogP contribution in [-0.4, -0.2) is 86.5 Å².